The molecule has 0 amide bonds. The number of rotatable bonds is 6. The molecule has 2 aliphatic rings. The van der Waals surface area contributed by atoms with Crippen molar-refractivity contribution in [3.63, 3.8) is 0 Å². The summed E-state index contributed by atoms with van der Waals surface area (Å²) >= 11 is 0. The molecule has 0 radical (unpaired) electrons. The van der Waals surface area contributed by atoms with E-state index < -0.39 is 5.60 Å². The normalized spacial score (nSPS) is 23.4. The Bertz CT molecular complexity index is 1120. The molecular formula is C25H35N7O. The molecule has 1 aliphatic heterocycles. The van der Waals surface area contributed by atoms with Crippen molar-refractivity contribution < 1.29 is 5.11 Å². The molecule has 2 fully saturated rings. The van der Waals surface area contributed by atoms with E-state index >= 15 is 0 Å². The summed E-state index contributed by atoms with van der Waals surface area (Å²) < 4.78 is 1.91. The van der Waals surface area contributed by atoms with Gasteiger partial charge in [-0.15, -0.1) is 0 Å². The molecule has 0 bridgehead atoms. The summed E-state index contributed by atoms with van der Waals surface area (Å²) in [5.74, 6) is 1.95. The summed E-state index contributed by atoms with van der Waals surface area (Å²) in [4.78, 5) is 16.8. The van der Waals surface area contributed by atoms with Crippen LogP contribution in [0.25, 0.3) is 17.0 Å². The summed E-state index contributed by atoms with van der Waals surface area (Å²) in [6.07, 6.45) is 9.71. The van der Waals surface area contributed by atoms with Gasteiger partial charge in [0.15, 0.2) is 5.65 Å². The maximum atomic E-state index is 10.4. The Morgan fingerprint density at radius 1 is 1.15 bits per heavy atom. The fraction of sp³-hybridized carbons (Fsp3) is 0.600. The maximum absolute atomic E-state index is 10.4. The van der Waals surface area contributed by atoms with Crippen molar-refractivity contribution in [3.05, 3.63) is 29.7 Å². The lowest BCUT2D eigenvalue weighted by molar-refractivity contribution is 0.0196. The van der Waals surface area contributed by atoms with E-state index in [2.05, 4.69) is 28.2 Å². The van der Waals surface area contributed by atoms with Gasteiger partial charge in [-0.2, -0.15) is 9.61 Å². The van der Waals surface area contributed by atoms with Crippen LogP contribution in [0.3, 0.4) is 0 Å². The van der Waals surface area contributed by atoms with E-state index in [1.54, 1.807) is 0 Å². The number of hydrogen-bond donors (Lipinski definition) is 2. The van der Waals surface area contributed by atoms with E-state index in [0.717, 1.165) is 91.7 Å². The van der Waals surface area contributed by atoms with Gasteiger partial charge in [-0.25, -0.2) is 9.97 Å². The molecule has 8 heteroatoms. The monoisotopic (exact) mass is 449 g/mol. The molecule has 5 rings (SSSR count). The van der Waals surface area contributed by atoms with Gasteiger partial charge in [-0.05, 0) is 58.8 Å². The smallest absolute Gasteiger partial charge is 0.160 e. The Balaban J connectivity index is 1.53. The first kappa shape index (κ1) is 22.1. The number of aliphatic hydroxyl groups is 1. The zero-order chi connectivity index (χ0) is 23.0. The van der Waals surface area contributed by atoms with Gasteiger partial charge in [0.05, 0.1) is 17.0 Å². The predicted octanol–water partition coefficient (Wildman–Crippen LogP) is 4.15. The Morgan fingerprint density at radius 3 is 2.64 bits per heavy atom. The molecule has 33 heavy (non-hydrogen) atoms. The van der Waals surface area contributed by atoms with E-state index in [9.17, 15) is 5.11 Å². The number of fused-ring (bicyclic) bond motifs is 1. The van der Waals surface area contributed by atoms with Crippen LogP contribution in [0.1, 0.15) is 70.2 Å². The highest BCUT2D eigenvalue weighted by Crippen LogP contribution is 2.31. The van der Waals surface area contributed by atoms with Gasteiger partial charge in [0.2, 0.25) is 0 Å². The van der Waals surface area contributed by atoms with Crippen LogP contribution in [0.4, 0.5) is 11.6 Å². The molecule has 2 N–H and O–H groups in total. The van der Waals surface area contributed by atoms with E-state index in [1.807, 2.05) is 30.6 Å². The van der Waals surface area contributed by atoms with Gasteiger partial charge < -0.3 is 15.3 Å². The fourth-order valence-corrected chi connectivity index (χ4v) is 4.99. The highest BCUT2D eigenvalue weighted by molar-refractivity contribution is 5.67. The number of anilines is 2. The van der Waals surface area contributed by atoms with Gasteiger partial charge in [0, 0.05) is 37.5 Å². The van der Waals surface area contributed by atoms with Crippen molar-refractivity contribution in [2.45, 2.75) is 83.8 Å². The molecule has 3 aromatic heterocycles. The second-order valence-corrected chi connectivity index (χ2v) is 9.95. The van der Waals surface area contributed by atoms with Crippen LogP contribution in [-0.2, 0) is 6.42 Å². The van der Waals surface area contributed by atoms with Crippen LogP contribution in [-0.4, -0.2) is 54.4 Å². The molecule has 4 heterocycles. The van der Waals surface area contributed by atoms with Crippen molar-refractivity contribution >= 4 is 17.3 Å². The first-order valence-corrected chi connectivity index (χ1v) is 12.4. The van der Waals surface area contributed by atoms with Crippen molar-refractivity contribution in [1.82, 2.24) is 24.6 Å². The molecule has 1 saturated carbocycles. The summed E-state index contributed by atoms with van der Waals surface area (Å²) in [5, 5.41) is 19.0. The van der Waals surface area contributed by atoms with E-state index in [-0.39, 0.29) is 0 Å². The molecule has 1 saturated heterocycles. The zero-order valence-electron chi connectivity index (χ0n) is 20.0. The molecule has 0 atom stereocenters. The van der Waals surface area contributed by atoms with Crippen molar-refractivity contribution in [3.8, 4) is 11.4 Å². The number of nitrogens with zero attached hydrogens (tertiary/aromatic N) is 6. The lowest BCUT2D eigenvalue weighted by Crippen LogP contribution is -2.36. The summed E-state index contributed by atoms with van der Waals surface area (Å²) in [6, 6.07) is 4.47. The Labute approximate surface area is 195 Å². The van der Waals surface area contributed by atoms with Crippen LogP contribution in [0, 0.1) is 6.92 Å². The zero-order valence-corrected chi connectivity index (χ0v) is 20.0. The molecule has 3 aromatic rings. The van der Waals surface area contributed by atoms with Crippen LogP contribution >= 0.6 is 0 Å². The van der Waals surface area contributed by atoms with Crippen LogP contribution in [0.5, 0.6) is 0 Å². The minimum Gasteiger partial charge on any atom is -0.390 e. The molecule has 8 nitrogen and oxygen atoms in total. The first-order valence-electron chi connectivity index (χ1n) is 12.4. The standard InChI is InChI=1S/C25H35N7O/c1-4-7-19-16-26-17(2)24(28-19)20-14-22-29-21(31-12-5-6-13-31)15-23(32(22)30-20)27-18-8-10-25(3,33)11-9-18/h14-16,18,27,33H,4-13H2,1-3H3. The second-order valence-electron chi connectivity index (χ2n) is 9.95. The quantitative estimate of drug-likeness (QED) is 0.584. The molecular weight excluding hydrogens is 414 g/mol. The number of aromatic nitrogens is 5. The van der Waals surface area contributed by atoms with Crippen molar-refractivity contribution in [2.75, 3.05) is 23.3 Å². The van der Waals surface area contributed by atoms with Crippen molar-refractivity contribution in [2.24, 2.45) is 0 Å². The van der Waals surface area contributed by atoms with Gasteiger partial charge in [0.1, 0.15) is 23.0 Å². The minimum atomic E-state index is -0.551. The average Bonchev–Trinajstić information content (AvgIpc) is 3.47. The van der Waals surface area contributed by atoms with Gasteiger partial charge in [-0.1, -0.05) is 13.3 Å². The maximum Gasteiger partial charge on any atom is 0.160 e. The van der Waals surface area contributed by atoms with E-state index in [4.69, 9.17) is 15.1 Å². The highest BCUT2D eigenvalue weighted by Gasteiger charge is 2.29. The third-order valence-electron chi connectivity index (χ3n) is 7.01. The van der Waals surface area contributed by atoms with Crippen LogP contribution < -0.4 is 10.2 Å². The third kappa shape index (κ3) is 4.67. The summed E-state index contributed by atoms with van der Waals surface area (Å²) in [5.41, 5.74) is 3.77. The molecule has 0 spiro atoms. The number of hydrogen-bond acceptors (Lipinski definition) is 7. The molecule has 1 aliphatic carbocycles. The largest absolute Gasteiger partial charge is 0.390 e. The van der Waals surface area contributed by atoms with Gasteiger partial charge in [-0.3, -0.25) is 4.98 Å². The molecule has 0 unspecified atom stereocenters. The average molecular weight is 450 g/mol. The topological polar surface area (TPSA) is 91.5 Å². The van der Waals surface area contributed by atoms with Crippen LogP contribution in [0.2, 0.25) is 0 Å². The fourth-order valence-electron chi connectivity index (χ4n) is 4.99. The lowest BCUT2D eigenvalue weighted by atomic mass is 9.84. The minimum absolute atomic E-state index is 0.310. The summed E-state index contributed by atoms with van der Waals surface area (Å²) in [6.45, 7) is 8.16. The lowest BCUT2D eigenvalue weighted by Gasteiger charge is -2.34. The summed E-state index contributed by atoms with van der Waals surface area (Å²) in [7, 11) is 0. The Kier molecular flexibility index (Phi) is 5.95. The third-order valence-corrected chi connectivity index (χ3v) is 7.01. The Morgan fingerprint density at radius 2 is 1.91 bits per heavy atom. The number of nitrogens with one attached hydrogen (secondary N) is 1. The van der Waals surface area contributed by atoms with E-state index in [0.29, 0.717) is 6.04 Å². The second kappa shape index (κ2) is 8.89. The van der Waals surface area contributed by atoms with Gasteiger partial charge in [0.25, 0.3) is 0 Å². The highest BCUT2D eigenvalue weighted by atomic mass is 16.3. The van der Waals surface area contributed by atoms with Crippen molar-refractivity contribution in [1.29, 1.82) is 0 Å². The molecule has 176 valence electrons. The van der Waals surface area contributed by atoms with Crippen LogP contribution in [0.15, 0.2) is 18.3 Å². The predicted molar refractivity (Wildman–Crippen MR) is 131 cm³/mol. The SMILES string of the molecule is CCCc1cnc(C)c(-c2cc3nc(N4CCCC4)cc(NC4CCC(C)(O)CC4)n3n2)n1. The Hall–Kier alpha value is -2.74. The van der Waals surface area contributed by atoms with Gasteiger partial charge >= 0.3 is 0 Å². The van der Waals surface area contributed by atoms with E-state index in [1.165, 1.54) is 12.8 Å². The number of aryl methyl sites for hydroxylation is 2. The first-order chi connectivity index (χ1) is 15.9. The molecule has 0 aromatic carbocycles.